The lowest BCUT2D eigenvalue weighted by molar-refractivity contribution is 0.628. The molecule has 2 aromatic carbocycles. The van der Waals surface area contributed by atoms with Gasteiger partial charge in [-0.3, -0.25) is 0 Å². The molecule has 0 radical (unpaired) electrons. The van der Waals surface area contributed by atoms with Crippen molar-refractivity contribution in [1.29, 1.82) is 0 Å². The van der Waals surface area contributed by atoms with Crippen LogP contribution in [0.1, 0.15) is 5.69 Å². The van der Waals surface area contributed by atoms with Crippen molar-refractivity contribution in [3.63, 3.8) is 0 Å². The number of hydrogen-bond acceptors (Lipinski definition) is 7. The molecule has 2 heterocycles. The fourth-order valence-corrected chi connectivity index (χ4v) is 4.12. The molecule has 0 fully saturated rings. The Bertz CT molecular complexity index is 1050. The molecule has 8 heteroatoms. The molecule has 4 aromatic rings. The van der Waals surface area contributed by atoms with Gasteiger partial charge < -0.3 is 5.32 Å². The van der Waals surface area contributed by atoms with Crippen molar-refractivity contribution in [3.05, 3.63) is 60.0 Å². The average molecular weight is 369 g/mol. The summed E-state index contributed by atoms with van der Waals surface area (Å²) in [7, 11) is 0. The summed E-state index contributed by atoms with van der Waals surface area (Å²) in [6, 6.07) is 14.2. The van der Waals surface area contributed by atoms with E-state index in [0.29, 0.717) is 10.8 Å². The Balaban J connectivity index is 1.59. The van der Waals surface area contributed by atoms with Crippen molar-refractivity contribution in [3.8, 4) is 0 Å². The number of halogens is 1. The molecule has 25 heavy (non-hydrogen) atoms. The molecule has 0 bridgehead atoms. The van der Waals surface area contributed by atoms with Crippen molar-refractivity contribution in [2.24, 2.45) is 0 Å². The van der Waals surface area contributed by atoms with Crippen LogP contribution in [0.15, 0.2) is 57.9 Å². The molecule has 0 aliphatic rings. The van der Waals surface area contributed by atoms with Crippen molar-refractivity contribution < 1.29 is 4.39 Å². The predicted octanol–water partition coefficient (Wildman–Crippen LogP) is 4.82. The summed E-state index contributed by atoms with van der Waals surface area (Å²) in [5.74, 6) is -0.300. The topological polar surface area (TPSA) is 63.6 Å². The minimum absolute atomic E-state index is 0.300. The quantitative estimate of drug-likeness (QED) is 0.556. The fraction of sp³-hybridized carbons (Fsp3) is 0.0588. The molecule has 124 valence electrons. The summed E-state index contributed by atoms with van der Waals surface area (Å²) < 4.78 is 14.0. The van der Waals surface area contributed by atoms with Gasteiger partial charge >= 0.3 is 0 Å². The van der Waals surface area contributed by atoms with Crippen LogP contribution in [0, 0.1) is 12.7 Å². The van der Waals surface area contributed by atoms with Crippen LogP contribution in [0.5, 0.6) is 0 Å². The lowest BCUT2D eigenvalue weighted by atomic mass is 10.1. The van der Waals surface area contributed by atoms with E-state index in [-0.39, 0.29) is 5.82 Å². The maximum Gasteiger partial charge on any atom is 0.210 e. The van der Waals surface area contributed by atoms with Crippen LogP contribution < -0.4 is 5.32 Å². The molecule has 2 aromatic heterocycles. The Hall–Kier alpha value is -2.58. The van der Waals surface area contributed by atoms with Crippen molar-refractivity contribution in [1.82, 2.24) is 20.4 Å². The zero-order valence-electron chi connectivity index (χ0n) is 13.1. The molecule has 0 spiro atoms. The standard InChI is InChI=1S/C17H12FN5S2/c1-10-13-7-2-3-8-14(13)15(21-20-10)24-17-23-22-16(25-17)19-12-6-4-5-11(18)9-12/h2-9H,1H3,(H,19,22). The zero-order chi connectivity index (χ0) is 17.2. The summed E-state index contributed by atoms with van der Waals surface area (Å²) in [6.45, 7) is 1.94. The number of nitrogens with one attached hydrogen (secondary N) is 1. The van der Waals surface area contributed by atoms with Crippen molar-refractivity contribution >= 4 is 44.7 Å². The number of aromatic nitrogens is 4. The average Bonchev–Trinajstić information content (AvgIpc) is 3.05. The molecular weight excluding hydrogens is 357 g/mol. The smallest absolute Gasteiger partial charge is 0.210 e. The SMILES string of the molecule is Cc1nnc(Sc2nnc(Nc3cccc(F)c3)s2)c2ccccc12. The number of fused-ring (bicyclic) bond motifs is 1. The maximum atomic E-state index is 13.3. The van der Waals surface area contributed by atoms with Gasteiger partial charge in [0.1, 0.15) is 10.8 Å². The number of benzene rings is 2. The summed E-state index contributed by atoms with van der Waals surface area (Å²) in [4.78, 5) is 0. The molecule has 0 aliphatic heterocycles. The molecular formula is C17H12FN5S2. The molecule has 0 saturated heterocycles. The van der Waals surface area contributed by atoms with Crippen molar-refractivity contribution in [2.45, 2.75) is 16.3 Å². The van der Waals surface area contributed by atoms with Gasteiger partial charge in [0.15, 0.2) is 4.34 Å². The monoisotopic (exact) mass is 369 g/mol. The molecule has 0 saturated carbocycles. The molecule has 0 amide bonds. The van der Waals surface area contributed by atoms with E-state index >= 15 is 0 Å². The number of hydrogen-bond donors (Lipinski definition) is 1. The first kappa shape index (κ1) is 15.9. The Labute approximate surface area is 151 Å². The van der Waals surface area contributed by atoms with E-state index < -0.39 is 0 Å². The lowest BCUT2D eigenvalue weighted by Crippen LogP contribution is -1.92. The van der Waals surface area contributed by atoms with Gasteiger partial charge in [-0.05, 0) is 36.9 Å². The number of rotatable bonds is 4. The highest BCUT2D eigenvalue weighted by Crippen LogP contribution is 2.35. The minimum atomic E-state index is -0.300. The minimum Gasteiger partial charge on any atom is -0.330 e. The van der Waals surface area contributed by atoms with Gasteiger partial charge in [0.2, 0.25) is 5.13 Å². The number of nitrogens with zero attached hydrogens (tertiary/aromatic N) is 4. The van der Waals surface area contributed by atoms with Crippen molar-refractivity contribution in [2.75, 3.05) is 5.32 Å². The van der Waals surface area contributed by atoms with Gasteiger partial charge in [-0.25, -0.2) is 4.39 Å². The highest BCUT2D eigenvalue weighted by Gasteiger charge is 2.12. The predicted molar refractivity (Wildman–Crippen MR) is 98.0 cm³/mol. The molecule has 0 unspecified atom stereocenters. The summed E-state index contributed by atoms with van der Waals surface area (Å²) >= 11 is 2.80. The first-order valence-corrected chi connectivity index (χ1v) is 9.08. The van der Waals surface area contributed by atoms with Crippen LogP contribution in [0.4, 0.5) is 15.2 Å². The van der Waals surface area contributed by atoms with E-state index in [1.807, 2.05) is 31.2 Å². The Morgan fingerprint density at radius 3 is 2.64 bits per heavy atom. The Morgan fingerprint density at radius 2 is 1.80 bits per heavy atom. The van der Waals surface area contributed by atoms with Crippen LogP contribution in [0.2, 0.25) is 0 Å². The third-order valence-corrected chi connectivity index (χ3v) is 5.39. The first-order chi connectivity index (χ1) is 12.2. The highest BCUT2D eigenvalue weighted by atomic mass is 32.2. The summed E-state index contributed by atoms with van der Waals surface area (Å²) in [5.41, 5.74) is 1.53. The van der Waals surface area contributed by atoms with E-state index in [0.717, 1.165) is 25.8 Å². The van der Waals surface area contributed by atoms with E-state index in [9.17, 15) is 4.39 Å². The normalized spacial score (nSPS) is 11.0. The van der Waals surface area contributed by atoms with Gasteiger partial charge in [0.25, 0.3) is 0 Å². The molecule has 4 rings (SSSR count). The third-order valence-electron chi connectivity index (χ3n) is 3.50. The number of anilines is 2. The first-order valence-electron chi connectivity index (χ1n) is 7.45. The molecule has 0 atom stereocenters. The van der Waals surface area contributed by atoms with Crippen LogP contribution in [-0.4, -0.2) is 20.4 Å². The van der Waals surface area contributed by atoms with Gasteiger partial charge in [0, 0.05) is 16.5 Å². The van der Waals surface area contributed by atoms with E-state index in [1.165, 1.54) is 35.2 Å². The van der Waals surface area contributed by atoms with E-state index in [4.69, 9.17) is 0 Å². The molecule has 1 N–H and O–H groups in total. The Morgan fingerprint density at radius 1 is 0.960 bits per heavy atom. The van der Waals surface area contributed by atoms with E-state index in [1.54, 1.807) is 12.1 Å². The largest absolute Gasteiger partial charge is 0.330 e. The molecule has 5 nitrogen and oxygen atoms in total. The van der Waals surface area contributed by atoms with E-state index in [2.05, 4.69) is 25.7 Å². The lowest BCUT2D eigenvalue weighted by Gasteiger charge is -2.04. The second-order valence-corrected chi connectivity index (χ2v) is 7.46. The van der Waals surface area contributed by atoms with Gasteiger partial charge in [-0.2, -0.15) is 5.10 Å². The van der Waals surface area contributed by atoms with Crippen LogP contribution in [-0.2, 0) is 0 Å². The zero-order valence-corrected chi connectivity index (χ0v) is 14.7. The van der Waals surface area contributed by atoms with Crippen LogP contribution >= 0.6 is 23.1 Å². The van der Waals surface area contributed by atoms with Gasteiger partial charge in [-0.1, -0.05) is 41.7 Å². The third kappa shape index (κ3) is 3.45. The second-order valence-electron chi connectivity index (χ2n) is 5.25. The maximum absolute atomic E-state index is 13.3. The number of aryl methyl sites for hydroxylation is 1. The van der Waals surface area contributed by atoms with Crippen LogP contribution in [0.3, 0.4) is 0 Å². The summed E-state index contributed by atoms with van der Waals surface area (Å²) in [6.07, 6.45) is 0. The Kier molecular flexibility index (Phi) is 4.29. The van der Waals surface area contributed by atoms with Crippen LogP contribution in [0.25, 0.3) is 10.8 Å². The van der Waals surface area contributed by atoms with Gasteiger partial charge in [0.05, 0.1) is 5.69 Å². The molecule has 0 aliphatic carbocycles. The summed E-state index contributed by atoms with van der Waals surface area (Å²) in [5, 5.41) is 23.3. The van der Waals surface area contributed by atoms with Gasteiger partial charge in [-0.15, -0.1) is 15.3 Å². The highest BCUT2D eigenvalue weighted by molar-refractivity contribution is 8.01. The fourth-order valence-electron chi connectivity index (χ4n) is 2.36. The second kappa shape index (κ2) is 6.73.